The Labute approximate surface area is 112 Å². The van der Waals surface area contributed by atoms with E-state index in [1.54, 1.807) is 7.11 Å². The van der Waals surface area contributed by atoms with Gasteiger partial charge in [-0.1, -0.05) is 11.6 Å². The molecule has 18 heavy (non-hydrogen) atoms. The predicted molar refractivity (Wildman–Crippen MR) is 70.1 cm³/mol. The second-order valence-corrected chi connectivity index (χ2v) is 6.52. The fourth-order valence-corrected chi connectivity index (χ4v) is 4.54. The van der Waals surface area contributed by atoms with Gasteiger partial charge in [0.1, 0.15) is 6.61 Å². The molecule has 0 radical (unpaired) electrons. The molecule has 0 spiro atoms. The van der Waals surface area contributed by atoms with Crippen molar-refractivity contribution in [1.82, 2.24) is 10.1 Å². The highest BCUT2D eigenvalue weighted by Crippen LogP contribution is 2.49. The predicted octanol–water partition coefficient (Wildman–Crippen LogP) is 2.89. The van der Waals surface area contributed by atoms with Crippen molar-refractivity contribution >= 4 is 11.8 Å². The lowest BCUT2D eigenvalue weighted by molar-refractivity contribution is 0.174. The standard InChI is InChI=1S/C13H20N2O2S/c1-16-6-12-14-13(17-15-12)8-18-7-11-5-9-2-3-10(11)4-9/h9-11H,2-8H2,1H3. The van der Waals surface area contributed by atoms with Gasteiger partial charge in [-0.25, -0.2) is 0 Å². The van der Waals surface area contributed by atoms with Crippen LogP contribution in [0.3, 0.4) is 0 Å². The van der Waals surface area contributed by atoms with Crippen LogP contribution in [0, 0.1) is 17.8 Å². The number of nitrogens with zero attached hydrogens (tertiary/aromatic N) is 2. The van der Waals surface area contributed by atoms with Gasteiger partial charge in [0.15, 0.2) is 5.82 Å². The summed E-state index contributed by atoms with van der Waals surface area (Å²) in [7, 11) is 1.64. The van der Waals surface area contributed by atoms with E-state index >= 15 is 0 Å². The van der Waals surface area contributed by atoms with Crippen molar-refractivity contribution < 1.29 is 9.26 Å². The molecule has 3 atom stereocenters. The van der Waals surface area contributed by atoms with Crippen molar-refractivity contribution in [1.29, 1.82) is 0 Å². The molecule has 3 rings (SSSR count). The van der Waals surface area contributed by atoms with Crippen LogP contribution in [0.5, 0.6) is 0 Å². The van der Waals surface area contributed by atoms with E-state index in [0.29, 0.717) is 12.4 Å². The minimum atomic E-state index is 0.431. The number of hydrogen-bond donors (Lipinski definition) is 0. The van der Waals surface area contributed by atoms with E-state index in [1.165, 1.54) is 31.4 Å². The van der Waals surface area contributed by atoms with Gasteiger partial charge >= 0.3 is 0 Å². The Morgan fingerprint density at radius 3 is 3.06 bits per heavy atom. The first kappa shape index (κ1) is 12.5. The van der Waals surface area contributed by atoms with E-state index < -0.39 is 0 Å². The van der Waals surface area contributed by atoms with Crippen molar-refractivity contribution in [3.8, 4) is 0 Å². The van der Waals surface area contributed by atoms with Crippen LogP contribution in [0.2, 0.25) is 0 Å². The number of thioether (sulfide) groups is 1. The Hall–Kier alpha value is -0.550. The third kappa shape index (κ3) is 2.72. The molecule has 3 unspecified atom stereocenters. The maximum absolute atomic E-state index is 5.18. The monoisotopic (exact) mass is 268 g/mol. The van der Waals surface area contributed by atoms with Crippen LogP contribution in [0.25, 0.3) is 0 Å². The van der Waals surface area contributed by atoms with Gasteiger partial charge in [0, 0.05) is 7.11 Å². The Morgan fingerprint density at radius 2 is 2.33 bits per heavy atom. The molecule has 5 heteroatoms. The largest absolute Gasteiger partial charge is 0.377 e. The molecule has 0 saturated heterocycles. The third-order valence-electron chi connectivity index (χ3n) is 4.23. The maximum atomic E-state index is 5.18. The number of ether oxygens (including phenoxy) is 1. The first-order valence-electron chi connectivity index (χ1n) is 6.73. The highest BCUT2D eigenvalue weighted by molar-refractivity contribution is 7.98. The van der Waals surface area contributed by atoms with Crippen LogP contribution in [0.4, 0.5) is 0 Å². The summed E-state index contributed by atoms with van der Waals surface area (Å²) in [5.41, 5.74) is 0. The second-order valence-electron chi connectivity index (χ2n) is 5.49. The van der Waals surface area contributed by atoms with Crippen LogP contribution < -0.4 is 0 Å². The van der Waals surface area contributed by atoms with Gasteiger partial charge in [-0.3, -0.25) is 0 Å². The Kier molecular flexibility index (Phi) is 3.89. The lowest BCUT2D eigenvalue weighted by Crippen LogP contribution is -2.12. The van der Waals surface area contributed by atoms with Crippen molar-refractivity contribution in [2.75, 3.05) is 12.9 Å². The summed E-state index contributed by atoms with van der Waals surface area (Å²) in [6, 6.07) is 0. The molecule has 2 aliphatic rings. The van der Waals surface area contributed by atoms with Gasteiger partial charge in [0.2, 0.25) is 5.89 Å². The van der Waals surface area contributed by atoms with Gasteiger partial charge in [0.05, 0.1) is 5.75 Å². The summed E-state index contributed by atoms with van der Waals surface area (Å²) in [6.45, 7) is 0.431. The van der Waals surface area contributed by atoms with Crippen molar-refractivity contribution in [3.63, 3.8) is 0 Å². The topological polar surface area (TPSA) is 48.2 Å². The summed E-state index contributed by atoms with van der Waals surface area (Å²) >= 11 is 1.94. The summed E-state index contributed by atoms with van der Waals surface area (Å²) < 4.78 is 10.2. The third-order valence-corrected chi connectivity index (χ3v) is 5.34. The Balaban J connectivity index is 1.41. The lowest BCUT2D eigenvalue weighted by Gasteiger charge is -2.20. The average Bonchev–Trinajstić information content (AvgIpc) is 3.06. The van der Waals surface area contributed by atoms with Gasteiger partial charge < -0.3 is 9.26 Å². The van der Waals surface area contributed by atoms with Crippen LogP contribution >= 0.6 is 11.8 Å². The number of hydrogen-bond acceptors (Lipinski definition) is 5. The maximum Gasteiger partial charge on any atom is 0.236 e. The van der Waals surface area contributed by atoms with E-state index in [1.807, 2.05) is 11.8 Å². The van der Waals surface area contributed by atoms with Gasteiger partial charge in [-0.05, 0) is 42.8 Å². The molecule has 0 N–H and O–H groups in total. The zero-order valence-corrected chi connectivity index (χ0v) is 11.6. The Bertz CT molecular complexity index is 396. The van der Waals surface area contributed by atoms with E-state index in [4.69, 9.17) is 9.26 Å². The first-order valence-corrected chi connectivity index (χ1v) is 7.88. The van der Waals surface area contributed by atoms with Crippen LogP contribution in [0.1, 0.15) is 37.4 Å². The van der Waals surface area contributed by atoms with Crippen molar-refractivity contribution in [2.24, 2.45) is 17.8 Å². The number of methoxy groups -OCH3 is 1. The van der Waals surface area contributed by atoms with Gasteiger partial charge in [-0.15, -0.1) is 0 Å². The molecule has 2 saturated carbocycles. The number of aromatic nitrogens is 2. The van der Waals surface area contributed by atoms with Gasteiger partial charge in [0.25, 0.3) is 0 Å². The number of fused-ring (bicyclic) bond motifs is 2. The van der Waals surface area contributed by atoms with E-state index in [-0.39, 0.29) is 0 Å². The molecular weight excluding hydrogens is 248 g/mol. The van der Waals surface area contributed by atoms with E-state index in [9.17, 15) is 0 Å². The van der Waals surface area contributed by atoms with Crippen LogP contribution in [-0.4, -0.2) is 23.0 Å². The molecule has 1 aromatic rings. The zero-order valence-electron chi connectivity index (χ0n) is 10.8. The van der Waals surface area contributed by atoms with E-state index in [2.05, 4.69) is 10.1 Å². The lowest BCUT2D eigenvalue weighted by atomic mass is 9.90. The van der Waals surface area contributed by atoms with E-state index in [0.717, 1.165) is 29.4 Å². The quantitative estimate of drug-likeness (QED) is 0.794. The summed E-state index contributed by atoms with van der Waals surface area (Å²) in [4.78, 5) is 4.29. The smallest absolute Gasteiger partial charge is 0.236 e. The molecule has 2 aliphatic carbocycles. The highest BCUT2D eigenvalue weighted by atomic mass is 32.2. The molecule has 100 valence electrons. The fourth-order valence-electron chi connectivity index (χ4n) is 3.41. The first-order chi connectivity index (χ1) is 8.85. The molecule has 0 aromatic carbocycles. The summed E-state index contributed by atoms with van der Waals surface area (Å²) in [6.07, 6.45) is 5.89. The number of rotatable bonds is 6. The molecule has 1 aromatic heterocycles. The molecule has 2 fully saturated rings. The Morgan fingerprint density at radius 1 is 1.39 bits per heavy atom. The second kappa shape index (κ2) is 5.61. The summed E-state index contributed by atoms with van der Waals surface area (Å²) in [5.74, 6) is 6.46. The highest BCUT2D eigenvalue weighted by Gasteiger charge is 2.38. The van der Waals surface area contributed by atoms with Crippen molar-refractivity contribution in [3.05, 3.63) is 11.7 Å². The molecule has 4 nitrogen and oxygen atoms in total. The molecule has 2 bridgehead atoms. The minimum Gasteiger partial charge on any atom is -0.377 e. The molecule has 0 amide bonds. The van der Waals surface area contributed by atoms with Crippen molar-refractivity contribution in [2.45, 2.75) is 38.0 Å². The average molecular weight is 268 g/mol. The normalized spacial score (nSPS) is 30.2. The minimum absolute atomic E-state index is 0.431. The van der Waals surface area contributed by atoms with Crippen LogP contribution in [-0.2, 0) is 17.1 Å². The van der Waals surface area contributed by atoms with Crippen LogP contribution in [0.15, 0.2) is 4.52 Å². The molecular formula is C13H20N2O2S. The SMILES string of the molecule is COCc1noc(CSCC2CC3CCC2C3)n1. The zero-order chi connectivity index (χ0) is 12.4. The summed E-state index contributed by atoms with van der Waals surface area (Å²) in [5, 5.41) is 3.87. The molecule has 0 aliphatic heterocycles. The van der Waals surface area contributed by atoms with Gasteiger partial charge in [-0.2, -0.15) is 16.7 Å². The fraction of sp³-hybridized carbons (Fsp3) is 0.846. The molecule has 1 heterocycles.